The SMILES string of the molecule is COCC[C@H]1CO[C@H]2CN(S(=O)(=O)c3ccccc3Cl)C[C@@H]12. The second-order valence-electron chi connectivity index (χ2n) is 5.83. The molecule has 3 atom stereocenters. The second kappa shape index (κ2) is 6.45. The van der Waals surface area contributed by atoms with E-state index in [1.165, 1.54) is 4.31 Å². The molecule has 3 rings (SSSR count). The molecule has 2 fully saturated rings. The molecule has 2 aliphatic heterocycles. The van der Waals surface area contributed by atoms with Crippen LogP contribution in [0.3, 0.4) is 0 Å². The lowest BCUT2D eigenvalue weighted by Gasteiger charge is -2.20. The maximum atomic E-state index is 12.8. The minimum atomic E-state index is -3.57. The number of sulfonamides is 1. The maximum Gasteiger partial charge on any atom is 0.244 e. The summed E-state index contributed by atoms with van der Waals surface area (Å²) in [5.41, 5.74) is 0. The lowest BCUT2D eigenvalue weighted by atomic mass is 9.91. The summed E-state index contributed by atoms with van der Waals surface area (Å²) in [6, 6.07) is 6.57. The fraction of sp³-hybridized carbons (Fsp3) is 0.600. The molecule has 2 heterocycles. The molecule has 0 radical (unpaired) electrons. The van der Waals surface area contributed by atoms with Crippen LogP contribution in [0.2, 0.25) is 5.02 Å². The van der Waals surface area contributed by atoms with E-state index in [0.29, 0.717) is 32.2 Å². The first-order valence-corrected chi connectivity index (χ1v) is 9.21. The van der Waals surface area contributed by atoms with Crippen molar-refractivity contribution in [3.05, 3.63) is 29.3 Å². The summed E-state index contributed by atoms with van der Waals surface area (Å²) < 4.78 is 37.9. The van der Waals surface area contributed by atoms with E-state index in [1.807, 2.05) is 0 Å². The van der Waals surface area contributed by atoms with Gasteiger partial charge in [0.2, 0.25) is 10.0 Å². The van der Waals surface area contributed by atoms with Crippen LogP contribution >= 0.6 is 11.6 Å². The summed E-state index contributed by atoms with van der Waals surface area (Å²) in [5.74, 6) is 0.601. The van der Waals surface area contributed by atoms with Crippen LogP contribution in [0, 0.1) is 11.8 Å². The van der Waals surface area contributed by atoms with Crippen LogP contribution in [0.25, 0.3) is 0 Å². The highest BCUT2D eigenvalue weighted by Gasteiger charge is 2.47. The van der Waals surface area contributed by atoms with Gasteiger partial charge in [0.15, 0.2) is 0 Å². The van der Waals surface area contributed by atoms with Crippen molar-refractivity contribution in [1.29, 1.82) is 0 Å². The van der Waals surface area contributed by atoms with Gasteiger partial charge in [0.05, 0.1) is 17.7 Å². The summed E-state index contributed by atoms with van der Waals surface area (Å²) in [6.45, 7) is 2.27. The van der Waals surface area contributed by atoms with Gasteiger partial charge < -0.3 is 9.47 Å². The van der Waals surface area contributed by atoms with Gasteiger partial charge in [0.1, 0.15) is 4.90 Å². The Morgan fingerprint density at radius 3 is 2.86 bits per heavy atom. The number of benzene rings is 1. The highest BCUT2D eigenvalue weighted by molar-refractivity contribution is 7.89. The van der Waals surface area contributed by atoms with E-state index < -0.39 is 10.0 Å². The van der Waals surface area contributed by atoms with Crippen LogP contribution in [0.1, 0.15) is 6.42 Å². The highest BCUT2D eigenvalue weighted by atomic mass is 35.5. The zero-order chi connectivity index (χ0) is 15.7. The van der Waals surface area contributed by atoms with Gasteiger partial charge in [0.25, 0.3) is 0 Å². The van der Waals surface area contributed by atoms with E-state index in [9.17, 15) is 8.42 Å². The molecule has 0 amide bonds. The van der Waals surface area contributed by atoms with E-state index in [1.54, 1.807) is 31.4 Å². The van der Waals surface area contributed by atoms with Crippen LogP contribution in [0.15, 0.2) is 29.2 Å². The standard InChI is InChI=1S/C15H20ClNO4S/c1-20-7-6-11-10-21-14-9-17(8-12(11)14)22(18,19)15-5-3-2-4-13(15)16/h2-5,11-12,14H,6-10H2,1H3/t11-,12-,14-/m0/s1. The molecule has 5 nitrogen and oxygen atoms in total. The molecule has 0 N–H and O–H groups in total. The van der Waals surface area contributed by atoms with Crippen molar-refractivity contribution in [1.82, 2.24) is 4.31 Å². The Balaban J connectivity index is 1.77. The normalized spacial score (nSPS) is 28.9. The third-order valence-corrected chi connectivity index (χ3v) is 6.88. The minimum Gasteiger partial charge on any atom is -0.385 e. The molecular weight excluding hydrogens is 326 g/mol. The number of ether oxygens (including phenoxy) is 2. The van der Waals surface area contributed by atoms with Gasteiger partial charge >= 0.3 is 0 Å². The summed E-state index contributed by atoms with van der Waals surface area (Å²) in [6.07, 6.45) is 0.886. The average Bonchev–Trinajstić information content (AvgIpc) is 3.06. The molecule has 7 heteroatoms. The van der Waals surface area contributed by atoms with E-state index >= 15 is 0 Å². The Kier molecular flexibility index (Phi) is 4.75. The first kappa shape index (κ1) is 16.2. The molecule has 0 aliphatic carbocycles. The number of fused-ring (bicyclic) bond motifs is 1. The topological polar surface area (TPSA) is 55.8 Å². The Hall–Kier alpha value is -0.660. The Labute approximate surface area is 136 Å². The summed E-state index contributed by atoms with van der Waals surface area (Å²) in [4.78, 5) is 0.171. The fourth-order valence-electron chi connectivity index (χ4n) is 3.32. The van der Waals surface area contributed by atoms with Crippen LogP contribution in [-0.2, 0) is 19.5 Å². The van der Waals surface area contributed by atoms with Gasteiger partial charge in [-0.1, -0.05) is 23.7 Å². The van der Waals surface area contributed by atoms with E-state index in [4.69, 9.17) is 21.1 Å². The van der Waals surface area contributed by atoms with Crippen LogP contribution in [-0.4, -0.2) is 52.2 Å². The second-order valence-corrected chi connectivity index (χ2v) is 8.14. The molecule has 2 aliphatic rings. The van der Waals surface area contributed by atoms with E-state index in [0.717, 1.165) is 6.42 Å². The molecule has 0 aromatic heterocycles. The lowest BCUT2D eigenvalue weighted by molar-refractivity contribution is 0.100. The smallest absolute Gasteiger partial charge is 0.244 e. The predicted molar refractivity (Wildman–Crippen MR) is 83.4 cm³/mol. The van der Waals surface area contributed by atoms with Crippen molar-refractivity contribution >= 4 is 21.6 Å². The third kappa shape index (κ3) is 2.90. The molecule has 1 aromatic rings. The molecule has 0 unspecified atom stereocenters. The molecular formula is C15H20ClNO4S. The van der Waals surface area contributed by atoms with Gasteiger partial charge in [-0.05, 0) is 24.5 Å². The van der Waals surface area contributed by atoms with Crippen LogP contribution < -0.4 is 0 Å². The number of rotatable bonds is 5. The number of nitrogens with zero attached hydrogens (tertiary/aromatic N) is 1. The van der Waals surface area contributed by atoms with Gasteiger partial charge in [-0.15, -0.1) is 0 Å². The van der Waals surface area contributed by atoms with Crippen molar-refractivity contribution in [2.75, 3.05) is 33.4 Å². The molecule has 22 heavy (non-hydrogen) atoms. The number of methoxy groups -OCH3 is 1. The third-order valence-electron chi connectivity index (χ3n) is 4.55. The van der Waals surface area contributed by atoms with Gasteiger partial charge in [0, 0.05) is 32.7 Å². The van der Waals surface area contributed by atoms with Crippen molar-refractivity contribution < 1.29 is 17.9 Å². The summed E-state index contributed by atoms with van der Waals surface area (Å²) in [7, 11) is -1.89. The monoisotopic (exact) mass is 345 g/mol. The lowest BCUT2D eigenvalue weighted by Crippen LogP contribution is -2.31. The number of hydrogen-bond acceptors (Lipinski definition) is 4. The zero-order valence-electron chi connectivity index (χ0n) is 12.4. The van der Waals surface area contributed by atoms with Crippen molar-refractivity contribution in [2.24, 2.45) is 11.8 Å². The predicted octanol–water partition coefficient (Wildman–Crippen LogP) is 2.01. The average molecular weight is 346 g/mol. The molecule has 0 saturated carbocycles. The van der Waals surface area contributed by atoms with E-state index in [-0.39, 0.29) is 21.9 Å². The molecule has 0 bridgehead atoms. The summed E-state index contributed by atoms with van der Waals surface area (Å²) >= 11 is 6.05. The molecule has 0 spiro atoms. The van der Waals surface area contributed by atoms with Crippen molar-refractivity contribution in [2.45, 2.75) is 17.4 Å². The Morgan fingerprint density at radius 1 is 1.36 bits per heavy atom. The van der Waals surface area contributed by atoms with E-state index in [2.05, 4.69) is 0 Å². The molecule has 1 aromatic carbocycles. The first-order chi connectivity index (χ1) is 10.5. The highest BCUT2D eigenvalue weighted by Crippen LogP contribution is 2.38. The van der Waals surface area contributed by atoms with Crippen molar-refractivity contribution in [3.8, 4) is 0 Å². The van der Waals surface area contributed by atoms with Gasteiger partial charge in [-0.3, -0.25) is 0 Å². The van der Waals surface area contributed by atoms with Crippen LogP contribution in [0.4, 0.5) is 0 Å². The molecule has 2 saturated heterocycles. The minimum absolute atomic E-state index is 0.0147. The Bertz CT molecular complexity index is 636. The van der Waals surface area contributed by atoms with Gasteiger partial charge in [-0.2, -0.15) is 4.31 Å². The maximum absolute atomic E-state index is 12.8. The largest absolute Gasteiger partial charge is 0.385 e. The summed E-state index contributed by atoms with van der Waals surface area (Å²) in [5, 5.41) is 0.261. The van der Waals surface area contributed by atoms with Crippen molar-refractivity contribution in [3.63, 3.8) is 0 Å². The Morgan fingerprint density at radius 2 is 2.14 bits per heavy atom. The zero-order valence-corrected chi connectivity index (χ0v) is 14.0. The quantitative estimate of drug-likeness (QED) is 0.819. The van der Waals surface area contributed by atoms with Gasteiger partial charge in [-0.25, -0.2) is 8.42 Å². The van der Waals surface area contributed by atoms with Crippen LogP contribution in [0.5, 0.6) is 0 Å². The fourth-order valence-corrected chi connectivity index (χ4v) is 5.30. The molecule has 122 valence electrons. The number of hydrogen-bond donors (Lipinski definition) is 0. The first-order valence-electron chi connectivity index (χ1n) is 7.39. The number of halogens is 1.